The third-order valence-electron chi connectivity index (χ3n) is 2.28. The molecule has 16 heavy (non-hydrogen) atoms. The van der Waals surface area contributed by atoms with E-state index in [1.54, 1.807) is 6.20 Å². The van der Waals surface area contributed by atoms with Crippen LogP contribution in [0.25, 0.3) is 11.5 Å². The fourth-order valence-corrected chi connectivity index (χ4v) is 1.40. The summed E-state index contributed by atoms with van der Waals surface area (Å²) in [6.07, 6.45) is 2.46. The van der Waals surface area contributed by atoms with Gasteiger partial charge in [-0.25, -0.2) is 0 Å². The number of hydrogen-bond donors (Lipinski definition) is 1. The molecule has 0 saturated heterocycles. The summed E-state index contributed by atoms with van der Waals surface area (Å²) in [6, 6.07) is 3.87. The van der Waals surface area contributed by atoms with Gasteiger partial charge in [0.2, 0.25) is 11.7 Å². The molecule has 0 unspecified atom stereocenters. The van der Waals surface area contributed by atoms with Crippen LogP contribution in [0.4, 0.5) is 0 Å². The molecule has 0 aliphatic carbocycles. The monoisotopic (exact) mass is 218 g/mol. The first-order chi connectivity index (χ1) is 7.81. The van der Waals surface area contributed by atoms with Gasteiger partial charge in [-0.05, 0) is 25.6 Å². The van der Waals surface area contributed by atoms with Crippen molar-refractivity contribution in [1.29, 1.82) is 0 Å². The first-order valence-electron chi connectivity index (χ1n) is 5.20. The largest absolute Gasteiger partial charge is 0.339 e. The molecule has 0 amide bonds. The zero-order valence-corrected chi connectivity index (χ0v) is 9.40. The Morgan fingerprint density at radius 2 is 2.31 bits per heavy atom. The summed E-state index contributed by atoms with van der Waals surface area (Å²) < 4.78 is 5.14. The van der Waals surface area contributed by atoms with Gasteiger partial charge in [0.05, 0.1) is 0 Å². The lowest BCUT2D eigenvalue weighted by Crippen LogP contribution is -2.10. The van der Waals surface area contributed by atoms with Crippen LogP contribution < -0.4 is 5.32 Å². The molecular weight excluding hydrogens is 204 g/mol. The molecule has 0 fully saturated rings. The molecule has 1 N–H and O–H groups in total. The Morgan fingerprint density at radius 3 is 3.06 bits per heavy atom. The van der Waals surface area contributed by atoms with Crippen LogP contribution in [-0.2, 0) is 6.42 Å². The minimum Gasteiger partial charge on any atom is -0.339 e. The molecule has 5 heteroatoms. The highest BCUT2D eigenvalue weighted by Crippen LogP contribution is 2.16. The van der Waals surface area contributed by atoms with Crippen molar-refractivity contribution in [1.82, 2.24) is 20.4 Å². The molecule has 2 aromatic rings. The van der Waals surface area contributed by atoms with E-state index in [1.807, 2.05) is 26.1 Å². The lowest BCUT2D eigenvalue weighted by Gasteiger charge is -1.96. The predicted molar refractivity (Wildman–Crippen MR) is 59.9 cm³/mol. The summed E-state index contributed by atoms with van der Waals surface area (Å²) in [5.74, 6) is 1.19. The van der Waals surface area contributed by atoms with Crippen molar-refractivity contribution in [3.05, 3.63) is 29.8 Å². The molecule has 0 aliphatic heterocycles. The van der Waals surface area contributed by atoms with E-state index >= 15 is 0 Å². The van der Waals surface area contributed by atoms with E-state index in [0.29, 0.717) is 11.7 Å². The van der Waals surface area contributed by atoms with Gasteiger partial charge in [0, 0.05) is 19.2 Å². The van der Waals surface area contributed by atoms with Crippen LogP contribution >= 0.6 is 0 Å². The number of hydrogen-bond acceptors (Lipinski definition) is 5. The van der Waals surface area contributed by atoms with Crippen LogP contribution in [0.2, 0.25) is 0 Å². The van der Waals surface area contributed by atoms with Crippen molar-refractivity contribution in [3.8, 4) is 11.5 Å². The third-order valence-corrected chi connectivity index (χ3v) is 2.28. The Hall–Kier alpha value is -1.75. The number of rotatable bonds is 4. The zero-order chi connectivity index (χ0) is 11.4. The van der Waals surface area contributed by atoms with Gasteiger partial charge in [0.25, 0.3) is 0 Å². The highest BCUT2D eigenvalue weighted by Gasteiger charge is 2.10. The van der Waals surface area contributed by atoms with Gasteiger partial charge in [-0.1, -0.05) is 11.2 Å². The van der Waals surface area contributed by atoms with Gasteiger partial charge in [-0.2, -0.15) is 4.98 Å². The van der Waals surface area contributed by atoms with E-state index in [4.69, 9.17) is 4.52 Å². The Kier molecular flexibility index (Phi) is 3.26. The first-order valence-corrected chi connectivity index (χ1v) is 5.20. The molecule has 0 aromatic carbocycles. The Bertz CT molecular complexity index is 467. The molecule has 2 aromatic heterocycles. The Labute approximate surface area is 93.9 Å². The molecule has 2 heterocycles. The summed E-state index contributed by atoms with van der Waals surface area (Å²) in [5.41, 5.74) is 1.82. The second-order valence-electron chi connectivity index (χ2n) is 3.53. The Morgan fingerprint density at radius 1 is 1.44 bits per heavy atom. The van der Waals surface area contributed by atoms with Gasteiger partial charge < -0.3 is 9.84 Å². The normalized spacial score (nSPS) is 10.6. The molecule has 0 bridgehead atoms. The molecule has 0 spiro atoms. The van der Waals surface area contributed by atoms with E-state index in [2.05, 4.69) is 20.4 Å². The summed E-state index contributed by atoms with van der Waals surface area (Å²) in [7, 11) is 1.89. The number of nitrogens with zero attached hydrogens (tertiary/aromatic N) is 3. The van der Waals surface area contributed by atoms with E-state index in [1.165, 1.54) is 0 Å². The van der Waals surface area contributed by atoms with E-state index in [9.17, 15) is 0 Å². The van der Waals surface area contributed by atoms with Crippen LogP contribution in [0.5, 0.6) is 0 Å². The molecule has 0 atom stereocenters. The van der Waals surface area contributed by atoms with Crippen molar-refractivity contribution in [2.45, 2.75) is 13.3 Å². The number of nitrogens with one attached hydrogen (secondary N) is 1. The minimum absolute atomic E-state index is 0.559. The average Bonchev–Trinajstić information content (AvgIpc) is 2.75. The molecule has 0 aliphatic rings. The van der Waals surface area contributed by atoms with Gasteiger partial charge in [0.1, 0.15) is 5.69 Å². The van der Waals surface area contributed by atoms with Gasteiger partial charge in [0.15, 0.2) is 0 Å². The second-order valence-corrected chi connectivity index (χ2v) is 3.53. The van der Waals surface area contributed by atoms with Crippen molar-refractivity contribution in [2.24, 2.45) is 0 Å². The molecule has 0 radical (unpaired) electrons. The smallest absolute Gasteiger partial charge is 0.228 e. The highest BCUT2D eigenvalue weighted by atomic mass is 16.5. The van der Waals surface area contributed by atoms with Gasteiger partial charge >= 0.3 is 0 Å². The fourth-order valence-electron chi connectivity index (χ4n) is 1.40. The lowest BCUT2D eigenvalue weighted by molar-refractivity contribution is 0.377. The molecule has 5 nitrogen and oxygen atoms in total. The Balaban J connectivity index is 2.22. The number of pyridine rings is 1. The van der Waals surface area contributed by atoms with Crippen LogP contribution in [0, 0.1) is 6.92 Å². The SMILES string of the molecule is CNCCc1nc(-c2ncccc2C)no1. The van der Waals surface area contributed by atoms with Crippen molar-refractivity contribution >= 4 is 0 Å². The molecule has 2 rings (SSSR count). The second kappa shape index (κ2) is 4.85. The molecule has 84 valence electrons. The van der Waals surface area contributed by atoms with Crippen LogP contribution in [0.3, 0.4) is 0 Å². The predicted octanol–water partition coefficient (Wildman–Crippen LogP) is 1.20. The highest BCUT2D eigenvalue weighted by molar-refractivity contribution is 5.52. The summed E-state index contributed by atoms with van der Waals surface area (Å²) in [4.78, 5) is 8.54. The van der Waals surface area contributed by atoms with E-state index in [-0.39, 0.29) is 0 Å². The van der Waals surface area contributed by atoms with E-state index < -0.39 is 0 Å². The summed E-state index contributed by atoms with van der Waals surface area (Å²) in [6.45, 7) is 2.80. The minimum atomic E-state index is 0.559. The number of aromatic nitrogens is 3. The molecule has 0 saturated carbocycles. The molecular formula is C11H14N4O. The number of likely N-dealkylation sites (N-methyl/N-ethyl adjacent to an activating group) is 1. The van der Waals surface area contributed by atoms with Crippen molar-refractivity contribution in [2.75, 3.05) is 13.6 Å². The zero-order valence-electron chi connectivity index (χ0n) is 9.40. The van der Waals surface area contributed by atoms with Crippen LogP contribution in [-0.4, -0.2) is 28.7 Å². The van der Waals surface area contributed by atoms with Crippen molar-refractivity contribution < 1.29 is 4.52 Å². The fraction of sp³-hybridized carbons (Fsp3) is 0.364. The first kappa shape index (κ1) is 10.8. The average molecular weight is 218 g/mol. The standard InChI is InChI=1S/C11H14N4O/c1-8-4-3-6-13-10(8)11-14-9(16-15-11)5-7-12-2/h3-4,6,12H,5,7H2,1-2H3. The summed E-state index contributed by atoms with van der Waals surface area (Å²) in [5, 5.41) is 6.96. The topological polar surface area (TPSA) is 63.8 Å². The van der Waals surface area contributed by atoms with Crippen LogP contribution in [0.15, 0.2) is 22.9 Å². The maximum atomic E-state index is 5.14. The van der Waals surface area contributed by atoms with Gasteiger partial charge in [-0.3, -0.25) is 4.98 Å². The van der Waals surface area contributed by atoms with Gasteiger partial charge in [-0.15, -0.1) is 0 Å². The number of aryl methyl sites for hydroxylation is 1. The quantitative estimate of drug-likeness (QED) is 0.835. The third kappa shape index (κ3) is 2.25. The van der Waals surface area contributed by atoms with E-state index in [0.717, 1.165) is 24.2 Å². The maximum absolute atomic E-state index is 5.14. The van der Waals surface area contributed by atoms with Crippen LogP contribution in [0.1, 0.15) is 11.5 Å². The summed E-state index contributed by atoms with van der Waals surface area (Å²) >= 11 is 0. The lowest BCUT2D eigenvalue weighted by atomic mass is 10.2. The van der Waals surface area contributed by atoms with Crippen molar-refractivity contribution in [3.63, 3.8) is 0 Å². The maximum Gasteiger partial charge on any atom is 0.228 e.